The van der Waals surface area contributed by atoms with Gasteiger partial charge in [-0.05, 0) is 6.42 Å². The molecule has 11 heavy (non-hydrogen) atoms. The summed E-state index contributed by atoms with van der Waals surface area (Å²) in [5.41, 5.74) is 0. The van der Waals surface area contributed by atoms with Gasteiger partial charge in [0.25, 0.3) is 0 Å². The summed E-state index contributed by atoms with van der Waals surface area (Å²) in [7, 11) is 0. The maximum absolute atomic E-state index is 10.6. The molecule has 0 saturated carbocycles. The molecule has 4 heteroatoms. The van der Waals surface area contributed by atoms with Crippen LogP contribution in [0, 0.1) is 0 Å². The molecule has 0 aromatic rings. The highest BCUT2D eigenvalue weighted by atomic mass is 32.2. The van der Waals surface area contributed by atoms with E-state index in [1.165, 1.54) is 37.4 Å². The Balaban J connectivity index is 3.76. The van der Waals surface area contributed by atoms with E-state index < -0.39 is 0 Å². The molecule has 0 amide bonds. The molecule has 0 radical (unpaired) electrons. The van der Waals surface area contributed by atoms with Crippen molar-refractivity contribution in [2.24, 2.45) is 0 Å². The Morgan fingerprint density at radius 3 is 1.73 bits per heavy atom. The van der Waals surface area contributed by atoms with Gasteiger partial charge in [-0.3, -0.25) is 9.59 Å². The fourth-order valence-corrected chi connectivity index (χ4v) is 2.64. The molecule has 0 rings (SSSR count). The Morgan fingerprint density at radius 1 is 1.18 bits per heavy atom. The van der Waals surface area contributed by atoms with Crippen molar-refractivity contribution in [3.63, 3.8) is 0 Å². The highest BCUT2D eigenvalue weighted by Gasteiger charge is 2.12. The summed E-state index contributed by atoms with van der Waals surface area (Å²) in [6.45, 7) is 5.01. The van der Waals surface area contributed by atoms with Gasteiger partial charge in [-0.2, -0.15) is 0 Å². The average Bonchev–Trinajstić information content (AvgIpc) is 1.84. The molecule has 0 saturated heterocycles. The van der Waals surface area contributed by atoms with Gasteiger partial charge in [-0.1, -0.05) is 30.4 Å². The summed E-state index contributed by atoms with van der Waals surface area (Å²) in [6.07, 6.45) is 0.842. The van der Waals surface area contributed by atoms with Crippen molar-refractivity contribution in [3.05, 3.63) is 0 Å². The van der Waals surface area contributed by atoms with E-state index in [1.807, 2.05) is 6.92 Å². The summed E-state index contributed by atoms with van der Waals surface area (Å²) in [5, 5.41) is 0.149. The Labute approximate surface area is 75.5 Å². The third-order valence-electron chi connectivity index (χ3n) is 0.928. The van der Waals surface area contributed by atoms with Gasteiger partial charge in [0.1, 0.15) is 0 Å². The van der Waals surface area contributed by atoms with Gasteiger partial charge in [-0.15, -0.1) is 0 Å². The second-order valence-corrected chi connectivity index (χ2v) is 5.11. The Kier molecular flexibility index (Phi) is 5.68. The molecule has 0 atom stereocenters. The summed E-state index contributed by atoms with van der Waals surface area (Å²) in [5.74, 6) is 0. The lowest BCUT2D eigenvalue weighted by molar-refractivity contribution is -0.109. The minimum atomic E-state index is 0.0746. The lowest BCUT2D eigenvalue weighted by atomic mass is 10.6. The lowest BCUT2D eigenvalue weighted by Crippen LogP contribution is -2.01. The molecule has 0 N–H and O–H groups in total. The van der Waals surface area contributed by atoms with Crippen molar-refractivity contribution < 1.29 is 9.59 Å². The van der Waals surface area contributed by atoms with E-state index in [0.29, 0.717) is 0 Å². The molecule has 0 fully saturated rings. The van der Waals surface area contributed by atoms with Crippen molar-refractivity contribution in [1.29, 1.82) is 0 Å². The van der Waals surface area contributed by atoms with Gasteiger partial charge in [0.15, 0.2) is 10.2 Å². The molecular weight excluding hydrogens is 180 g/mol. The molecule has 0 aliphatic rings. The number of hydrogen-bond donors (Lipinski definition) is 0. The first-order chi connectivity index (χ1) is 5.06. The molecule has 0 aliphatic heterocycles. The fourth-order valence-electron chi connectivity index (χ4n) is 0.561. The molecule has 0 aromatic carbocycles. The predicted octanol–water partition coefficient (Wildman–Crippen LogP) is 2.28. The summed E-state index contributed by atoms with van der Waals surface area (Å²) >= 11 is 2.46. The maximum Gasteiger partial charge on any atom is 0.186 e. The van der Waals surface area contributed by atoms with Crippen molar-refractivity contribution in [2.45, 2.75) is 31.8 Å². The van der Waals surface area contributed by atoms with Crippen LogP contribution in [-0.2, 0) is 9.59 Å². The van der Waals surface area contributed by atoms with Crippen LogP contribution in [0.3, 0.4) is 0 Å². The first kappa shape index (κ1) is 11.0. The number of carbonyl (C=O) groups excluding carboxylic acids is 2. The molecule has 0 spiro atoms. The number of rotatable bonds is 3. The summed E-state index contributed by atoms with van der Waals surface area (Å²) in [6, 6.07) is 0. The van der Waals surface area contributed by atoms with E-state index in [2.05, 4.69) is 0 Å². The van der Waals surface area contributed by atoms with Crippen LogP contribution in [0.4, 0.5) is 0 Å². The standard InChI is InChI=1S/C7H12O2S2/c1-4-7(10-5(2)8)11-6(3)9/h7H,4H2,1-3H3. The molecular formula is C7H12O2S2. The van der Waals surface area contributed by atoms with Crippen LogP contribution in [-0.4, -0.2) is 14.8 Å². The SMILES string of the molecule is CCC(SC(C)=O)SC(C)=O. The van der Waals surface area contributed by atoms with Crippen LogP contribution in [0.5, 0.6) is 0 Å². The van der Waals surface area contributed by atoms with Crippen LogP contribution in [0.15, 0.2) is 0 Å². The first-order valence-electron chi connectivity index (χ1n) is 3.40. The largest absolute Gasteiger partial charge is 0.288 e. The third-order valence-corrected chi connectivity index (χ3v) is 3.36. The minimum absolute atomic E-state index is 0.0746. The normalized spacial score (nSPS) is 10.2. The molecule has 0 aromatic heterocycles. The third kappa shape index (κ3) is 6.44. The van der Waals surface area contributed by atoms with E-state index in [4.69, 9.17) is 0 Å². The van der Waals surface area contributed by atoms with E-state index >= 15 is 0 Å². The second kappa shape index (κ2) is 5.66. The number of hydrogen-bond acceptors (Lipinski definition) is 4. The molecule has 0 aliphatic carbocycles. The van der Waals surface area contributed by atoms with Crippen molar-refractivity contribution in [1.82, 2.24) is 0 Å². The van der Waals surface area contributed by atoms with Crippen LogP contribution in [0.1, 0.15) is 27.2 Å². The molecule has 2 nitrogen and oxygen atoms in total. The second-order valence-electron chi connectivity index (χ2n) is 2.06. The Morgan fingerprint density at radius 2 is 1.55 bits per heavy atom. The molecule has 0 heterocycles. The fraction of sp³-hybridized carbons (Fsp3) is 0.714. The van der Waals surface area contributed by atoms with Gasteiger partial charge in [0, 0.05) is 13.8 Å². The highest BCUT2D eigenvalue weighted by Crippen LogP contribution is 2.27. The van der Waals surface area contributed by atoms with Gasteiger partial charge in [0.05, 0.1) is 4.58 Å². The van der Waals surface area contributed by atoms with Crippen molar-refractivity contribution in [3.8, 4) is 0 Å². The van der Waals surface area contributed by atoms with Crippen LogP contribution >= 0.6 is 23.5 Å². The van der Waals surface area contributed by atoms with Gasteiger partial charge >= 0.3 is 0 Å². The van der Waals surface area contributed by atoms with Gasteiger partial charge in [0.2, 0.25) is 0 Å². The first-order valence-corrected chi connectivity index (χ1v) is 5.16. The minimum Gasteiger partial charge on any atom is -0.288 e. The van der Waals surface area contributed by atoms with Crippen LogP contribution < -0.4 is 0 Å². The monoisotopic (exact) mass is 192 g/mol. The number of carbonyl (C=O) groups is 2. The van der Waals surface area contributed by atoms with Crippen molar-refractivity contribution in [2.75, 3.05) is 0 Å². The van der Waals surface area contributed by atoms with Crippen LogP contribution in [0.2, 0.25) is 0 Å². The Hall–Kier alpha value is 0.0400. The van der Waals surface area contributed by atoms with Crippen molar-refractivity contribution >= 4 is 33.8 Å². The van der Waals surface area contributed by atoms with Gasteiger partial charge in [-0.25, -0.2) is 0 Å². The van der Waals surface area contributed by atoms with E-state index in [9.17, 15) is 9.59 Å². The smallest absolute Gasteiger partial charge is 0.186 e. The number of thioether (sulfide) groups is 2. The van der Waals surface area contributed by atoms with E-state index in [0.717, 1.165) is 6.42 Å². The zero-order valence-electron chi connectivity index (χ0n) is 6.92. The molecule has 64 valence electrons. The molecule has 0 bridgehead atoms. The highest BCUT2D eigenvalue weighted by molar-refractivity contribution is 8.29. The zero-order chi connectivity index (χ0) is 8.85. The average molecular weight is 192 g/mol. The van der Waals surface area contributed by atoms with E-state index in [-0.39, 0.29) is 14.8 Å². The topological polar surface area (TPSA) is 34.1 Å². The molecule has 0 unspecified atom stereocenters. The zero-order valence-corrected chi connectivity index (χ0v) is 8.55. The summed E-state index contributed by atoms with van der Waals surface area (Å²) < 4.78 is 0.102. The summed E-state index contributed by atoms with van der Waals surface area (Å²) in [4.78, 5) is 21.3. The maximum atomic E-state index is 10.6. The quantitative estimate of drug-likeness (QED) is 0.642. The van der Waals surface area contributed by atoms with Gasteiger partial charge < -0.3 is 0 Å². The lowest BCUT2D eigenvalue weighted by Gasteiger charge is -2.08. The van der Waals surface area contributed by atoms with Crippen LogP contribution in [0.25, 0.3) is 0 Å². The predicted molar refractivity (Wildman–Crippen MR) is 50.6 cm³/mol. The Bertz CT molecular complexity index is 141. The van der Waals surface area contributed by atoms with E-state index in [1.54, 1.807) is 0 Å².